The number of hydrogen-bond acceptors (Lipinski definition) is 8. The Morgan fingerprint density at radius 3 is 2.89 bits per heavy atom. The van der Waals surface area contributed by atoms with Crippen LogP contribution in [0.1, 0.15) is 22.8 Å². The molecule has 1 amide bonds. The van der Waals surface area contributed by atoms with E-state index < -0.39 is 24.2 Å². The highest BCUT2D eigenvalue weighted by atomic mass is 19.1. The molecule has 4 aliphatic rings. The van der Waals surface area contributed by atoms with E-state index in [0.29, 0.717) is 36.0 Å². The second kappa shape index (κ2) is 9.12. The molecule has 12 heteroatoms. The molecule has 11 nitrogen and oxygen atoms in total. The molecule has 0 aliphatic carbocycles. The molecule has 6 rings (SSSR count). The van der Waals surface area contributed by atoms with Gasteiger partial charge in [0.05, 0.1) is 49.9 Å². The van der Waals surface area contributed by atoms with Crippen LogP contribution in [0.15, 0.2) is 36.8 Å². The molecule has 188 valence electrons. The Labute approximate surface area is 205 Å². The summed E-state index contributed by atoms with van der Waals surface area (Å²) in [6, 6.07) is 4.78. The molecule has 0 aromatic carbocycles. The van der Waals surface area contributed by atoms with E-state index in [1.807, 2.05) is 29.0 Å². The fourth-order valence-corrected chi connectivity index (χ4v) is 4.90. The topological polar surface area (TPSA) is 128 Å². The monoisotopic (exact) mass is 495 g/mol. The Morgan fingerprint density at radius 1 is 1.22 bits per heavy atom. The van der Waals surface area contributed by atoms with E-state index >= 15 is 0 Å². The highest BCUT2D eigenvalue weighted by Gasteiger charge is 2.31. The van der Waals surface area contributed by atoms with Crippen LogP contribution >= 0.6 is 0 Å². The molecule has 0 bridgehead atoms. The SMILES string of the molecule is CNc1cc(-c2cnc3n([C@H]4CCOC[C@H]4F)cccc2-3)nc2c(C(=O)N[C@@H]3COC[C@@H]3O)cnn12. The molecule has 4 aliphatic heterocycles. The van der Waals surface area contributed by atoms with E-state index in [1.54, 1.807) is 17.8 Å². The lowest BCUT2D eigenvalue weighted by Crippen LogP contribution is -2.42. The lowest BCUT2D eigenvalue weighted by Gasteiger charge is -2.29. The number of aromatic nitrogens is 5. The van der Waals surface area contributed by atoms with Crippen LogP contribution in [-0.4, -0.2) is 87.0 Å². The standard InChI is InChI=1S/C24H26FN7O4/c1-26-21-7-17(29-23-15(9-28-32(21)23)24(34)30-18-11-36-12-20(18)33)14-8-27-22-13(14)3-2-5-31(22)19-4-6-35-10-16(19)25/h2-3,5,7-9,16,18-20,26,33H,4,6,10-12H2,1H3,(H,30,34)/t16-,18-,19+,20+/m1/s1. The summed E-state index contributed by atoms with van der Waals surface area (Å²) in [5.41, 5.74) is 2.80. The van der Waals surface area contributed by atoms with E-state index in [9.17, 15) is 14.3 Å². The fraction of sp³-hybridized carbons (Fsp3) is 0.417. The van der Waals surface area contributed by atoms with Crippen LogP contribution in [0.2, 0.25) is 0 Å². The van der Waals surface area contributed by atoms with Crippen molar-refractivity contribution >= 4 is 17.4 Å². The normalized spacial score (nSPS) is 24.4. The number of aliphatic hydroxyl groups excluding tert-OH is 1. The van der Waals surface area contributed by atoms with Crippen molar-refractivity contribution in [3.63, 3.8) is 0 Å². The van der Waals surface area contributed by atoms with E-state index in [-0.39, 0.29) is 31.4 Å². The number of carbonyl (C=O) groups is 1. The first-order chi connectivity index (χ1) is 17.5. The average Bonchev–Trinajstić information content (AvgIpc) is 3.62. The third-order valence-corrected chi connectivity index (χ3v) is 6.83. The lowest BCUT2D eigenvalue weighted by atomic mass is 10.0. The van der Waals surface area contributed by atoms with Crippen LogP contribution in [0.4, 0.5) is 10.2 Å². The third kappa shape index (κ3) is 3.77. The molecule has 36 heavy (non-hydrogen) atoms. The number of aliphatic hydroxyl groups is 1. The minimum absolute atomic E-state index is 0.0709. The number of carbonyl (C=O) groups excluding carboxylic acids is 1. The van der Waals surface area contributed by atoms with Crippen molar-refractivity contribution < 1.29 is 23.8 Å². The van der Waals surface area contributed by atoms with Gasteiger partial charge in [-0.3, -0.25) is 4.79 Å². The van der Waals surface area contributed by atoms with Crippen LogP contribution in [0.25, 0.3) is 28.3 Å². The highest BCUT2D eigenvalue weighted by Crippen LogP contribution is 2.37. The molecule has 6 heterocycles. The number of anilines is 1. The predicted molar refractivity (Wildman–Crippen MR) is 128 cm³/mol. The van der Waals surface area contributed by atoms with Gasteiger partial charge in [0.25, 0.3) is 5.91 Å². The van der Waals surface area contributed by atoms with Crippen molar-refractivity contribution in [2.24, 2.45) is 0 Å². The maximum absolute atomic E-state index is 14.7. The third-order valence-electron chi connectivity index (χ3n) is 6.83. The number of fused-ring (bicyclic) bond motifs is 2. The summed E-state index contributed by atoms with van der Waals surface area (Å²) in [4.78, 5) is 22.4. The van der Waals surface area contributed by atoms with Crippen molar-refractivity contribution in [1.29, 1.82) is 0 Å². The first kappa shape index (κ1) is 22.8. The second-order valence-electron chi connectivity index (χ2n) is 9.03. The molecule has 2 aromatic rings. The van der Waals surface area contributed by atoms with Crippen molar-refractivity contribution in [2.75, 3.05) is 38.8 Å². The largest absolute Gasteiger partial charge is 0.388 e. The van der Waals surface area contributed by atoms with Gasteiger partial charge in [-0.2, -0.15) is 9.61 Å². The number of nitrogens with one attached hydrogen (secondary N) is 2. The van der Waals surface area contributed by atoms with Crippen LogP contribution in [0.3, 0.4) is 0 Å². The van der Waals surface area contributed by atoms with Crippen LogP contribution in [0.5, 0.6) is 0 Å². The minimum atomic E-state index is -1.11. The fourth-order valence-electron chi connectivity index (χ4n) is 4.90. The molecule has 4 atom stereocenters. The summed E-state index contributed by atoms with van der Waals surface area (Å²) >= 11 is 0. The number of nitrogens with zero attached hydrogens (tertiary/aromatic N) is 5. The van der Waals surface area contributed by atoms with E-state index in [1.165, 1.54) is 6.20 Å². The summed E-state index contributed by atoms with van der Waals surface area (Å²) in [5, 5.41) is 20.2. The molecule has 2 fully saturated rings. The maximum Gasteiger partial charge on any atom is 0.257 e. The highest BCUT2D eigenvalue weighted by molar-refractivity contribution is 6.00. The van der Waals surface area contributed by atoms with Gasteiger partial charge in [0.15, 0.2) is 5.65 Å². The van der Waals surface area contributed by atoms with E-state index in [0.717, 1.165) is 11.1 Å². The summed E-state index contributed by atoms with van der Waals surface area (Å²) < 4.78 is 28.6. The quantitative estimate of drug-likeness (QED) is 0.380. The van der Waals surface area contributed by atoms with Gasteiger partial charge in [0.1, 0.15) is 23.4 Å². The Morgan fingerprint density at radius 2 is 2.11 bits per heavy atom. The number of hydrogen-bond donors (Lipinski definition) is 3. The second-order valence-corrected chi connectivity index (χ2v) is 9.03. The molecule has 0 saturated carbocycles. The first-order valence-electron chi connectivity index (χ1n) is 11.9. The first-order valence-corrected chi connectivity index (χ1v) is 11.9. The number of amides is 1. The molecule has 2 saturated heterocycles. The summed E-state index contributed by atoms with van der Waals surface area (Å²) in [6.45, 7) is 0.994. The zero-order chi connectivity index (χ0) is 24.8. The summed E-state index contributed by atoms with van der Waals surface area (Å²) in [7, 11) is 1.76. The number of ether oxygens (including phenoxy) is 2. The Balaban J connectivity index is 1.39. The van der Waals surface area contributed by atoms with Crippen LogP contribution in [0, 0.1) is 0 Å². The van der Waals surface area contributed by atoms with Crippen molar-refractivity contribution in [3.8, 4) is 22.6 Å². The number of alkyl halides is 1. The van der Waals surface area contributed by atoms with Gasteiger partial charge in [0, 0.05) is 43.2 Å². The molecular formula is C24H26FN7O4. The van der Waals surface area contributed by atoms with Gasteiger partial charge in [-0.15, -0.1) is 0 Å². The van der Waals surface area contributed by atoms with Crippen molar-refractivity contribution in [1.82, 2.24) is 29.5 Å². The van der Waals surface area contributed by atoms with Crippen LogP contribution in [-0.2, 0) is 9.47 Å². The molecular weight excluding hydrogens is 469 g/mol. The molecule has 0 radical (unpaired) electrons. The molecule has 3 N–H and O–H groups in total. The summed E-state index contributed by atoms with van der Waals surface area (Å²) in [6.07, 6.45) is 3.70. The Hall–Kier alpha value is -3.61. The molecule has 2 aromatic heterocycles. The predicted octanol–water partition coefficient (Wildman–Crippen LogP) is 1.53. The molecule has 0 unspecified atom stereocenters. The maximum atomic E-state index is 14.7. The van der Waals surface area contributed by atoms with Crippen molar-refractivity contribution in [3.05, 3.63) is 42.4 Å². The number of rotatable bonds is 5. The smallest absolute Gasteiger partial charge is 0.257 e. The van der Waals surface area contributed by atoms with Gasteiger partial charge in [0.2, 0.25) is 0 Å². The lowest BCUT2D eigenvalue weighted by molar-refractivity contribution is 0.00346. The van der Waals surface area contributed by atoms with E-state index in [4.69, 9.17) is 14.5 Å². The van der Waals surface area contributed by atoms with E-state index in [2.05, 4.69) is 20.7 Å². The van der Waals surface area contributed by atoms with Gasteiger partial charge >= 0.3 is 0 Å². The minimum Gasteiger partial charge on any atom is -0.388 e. The number of pyridine rings is 1. The average molecular weight is 496 g/mol. The Kier molecular flexibility index (Phi) is 5.78. The van der Waals surface area contributed by atoms with Gasteiger partial charge < -0.3 is 29.8 Å². The zero-order valence-corrected chi connectivity index (χ0v) is 19.6. The van der Waals surface area contributed by atoms with Crippen molar-refractivity contribution in [2.45, 2.75) is 30.8 Å². The number of halogens is 1. The van der Waals surface area contributed by atoms with Gasteiger partial charge in [-0.05, 0) is 18.6 Å². The summed E-state index contributed by atoms with van der Waals surface area (Å²) in [5.74, 6) is 0.893. The van der Waals surface area contributed by atoms with Gasteiger partial charge in [-0.1, -0.05) is 0 Å². The zero-order valence-electron chi connectivity index (χ0n) is 19.6. The van der Waals surface area contributed by atoms with Gasteiger partial charge in [-0.25, -0.2) is 14.4 Å². The molecule has 0 spiro atoms. The van der Waals surface area contributed by atoms with Crippen LogP contribution < -0.4 is 10.6 Å². The Bertz CT molecular complexity index is 1390.